The van der Waals surface area contributed by atoms with Gasteiger partial charge in [0.1, 0.15) is 0 Å². The van der Waals surface area contributed by atoms with Crippen LogP contribution in [0.25, 0.3) is 0 Å². The molecule has 0 aliphatic carbocycles. The summed E-state index contributed by atoms with van der Waals surface area (Å²) in [6.45, 7) is 6.60. The zero-order valence-electron chi connectivity index (χ0n) is 14.7. The molecule has 0 spiro atoms. The van der Waals surface area contributed by atoms with E-state index in [0.29, 0.717) is 15.4 Å². The fraction of sp³-hybridized carbons (Fsp3) is 0.353. The maximum absolute atomic E-state index is 12.9. The summed E-state index contributed by atoms with van der Waals surface area (Å²) in [5.41, 5.74) is -0.845. The van der Waals surface area contributed by atoms with Crippen LogP contribution in [0.3, 0.4) is 0 Å². The SMILES string of the molecule is CCOC(=O)c1c(C)on(C(=O)N(c2ccc(Cl)cc2Cl)C(C)C)c1=O. The summed E-state index contributed by atoms with van der Waals surface area (Å²) in [5, 5.41) is 0.645. The summed E-state index contributed by atoms with van der Waals surface area (Å²) >= 11 is 12.1. The first kappa shape index (κ1) is 20.1. The van der Waals surface area contributed by atoms with Crippen molar-refractivity contribution in [1.29, 1.82) is 0 Å². The van der Waals surface area contributed by atoms with Gasteiger partial charge in [0.05, 0.1) is 17.3 Å². The van der Waals surface area contributed by atoms with Gasteiger partial charge in [0.15, 0.2) is 11.3 Å². The van der Waals surface area contributed by atoms with Crippen molar-refractivity contribution in [2.75, 3.05) is 11.5 Å². The Kier molecular flexibility index (Phi) is 6.15. The van der Waals surface area contributed by atoms with Crippen LogP contribution < -0.4 is 10.5 Å². The van der Waals surface area contributed by atoms with Crippen molar-refractivity contribution in [1.82, 2.24) is 4.74 Å². The first-order valence-corrected chi connectivity index (χ1v) is 8.63. The number of benzene rings is 1. The van der Waals surface area contributed by atoms with E-state index in [0.717, 1.165) is 0 Å². The summed E-state index contributed by atoms with van der Waals surface area (Å²) in [6, 6.07) is 3.49. The molecule has 0 saturated carbocycles. The lowest BCUT2D eigenvalue weighted by Gasteiger charge is -2.26. The van der Waals surface area contributed by atoms with Gasteiger partial charge in [0.2, 0.25) is 0 Å². The van der Waals surface area contributed by atoms with Gasteiger partial charge < -0.3 is 9.26 Å². The number of carbonyl (C=O) groups is 2. The van der Waals surface area contributed by atoms with Crippen molar-refractivity contribution in [3.63, 3.8) is 0 Å². The van der Waals surface area contributed by atoms with Gasteiger partial charge in [-0.3, -0.25) is 9.69 Å². The lowest BCUT2D eigenvalue weighted by molar-refractivity contribution is 0.0523. The largest absolute Gasteiger partial charge is 0.462 e. The van der Waals surface area contributed by atoms with Crippen molar-refractivity contribution >= 4 is 40.9 Å². The molecule has 9 heteroatoms. The fourth-order valence-corrected chi connectivity index (χ4v) is 2.91. The van der Waals surface area contributed by atoms with Crippen molar-refractivity contribution in [3.05, 3.63) is 49.9 Å². The Morgan fingerprint density at radius 2 is 1.96 bits per heavy atom. The third kappa shape index (κ3) is 3.78. The molecule has 0 aliphatic heterocycles. The average Bonchev–Trinajstić information content (AvgIpc) is 2.84. The van der Waals surface area contributed by atoms with E-state index in [1.807, 2.05) is 0 Å². The molecule has 0 fully saturated rings. The monoisotopic (exact) mass is 400 g/mol. The highest BCUT2D eigenvalue weighted by Gasteiger charge is 2.30. The van der Waals surface area contributed by atoms with Gasteiger partial charge in [-0.1, -0.05) is 27.9 Å². The molecule has 0 saturated heterocycles. The summed E-state index contributed by atoms with van der Waals surface area (Å²) in [7, 11) is 0. The van der Waals surface area contributed by atoms with Gasteiger partial charge >= 0.3 is 17.6 Å². The zero-order valence-corrected chi connectivity index (χ0v) is 16.2. The first-order chi connectivity index (χ1) is 12.2. The number of anilines is 1. The van der Waals surface area contributed by atoms with E-state index in [1.165, 1.54) is 17.9 Å². The van der Waals surface area contributed by atoms with Gasteiger partial charge in [-0.2, -0.15) is 0 Å². The van der Waals surface area contributed by atoms with Crippen LogP contribution in [0.1, 0.15) is 36.9 Å². The van der Waals surface area contributed by atoms with Crippen LogP contribution in [0.5, 0.6) is 0 Å². The molecule has 7 nitrogen and oxygen atoms in total. The van der Waals surface area contributed by atoms with E-state index in [2.05, 4.69) is 0 Å². The Bertz CT molecular complexity index is 901. The molecule has 140 valence electrons. The lowest BCUT2D eigenvalue weighted by atomic mass is 10.2. The number of nitrogens with zero attached hydrogens (tertiary/aromatic N) is 2. The van der Waals surface area contributed by atoms with Crippen LogP contribution in [-0.4, -0.2) is 29.4 Å². The minimum atomic E-state index is -0.887. The van der Waals surface area contributed by atoms with Gasteiger partial charge in [0.25, 0.3) is 0 Å². The second-order valence-electron chi connectivity index (χ2n) is 5.68. The number of hydrogen-bond acceptors (Lipinski definition) is 5. The molecule has 1 heterocycles. The molecule has 1 aromatic heterocycles. The van der Waals surface area contributed by atoms with Crippen LogP contribution >= 0.6 is 23.2 Å². The second-order valence-corrected chi connectivity index (χ2v) is 6.53. The van der Waals surface area contributed by atoms with Crippen LogP contribution in [0, 0.1) is 6.92 Å². The Morgan fingerprint density at radius 3 is 2.50 bits per heavy atom. The molecule has 0 bridgehead atoms. The van der Waals surface area contributed by atoms with E-state index in [4.69, 9.17) is 32.5 Å². The van der Waals surface area contributed by atoms with Gasteiger partial charge in [0, 0.05) is 11.1 Å². The topological polar surface area (TPSA) is 81.8 Å². The smallest absolute Gasteiger partial charge is 0.365 e. The molecular weight excluding hydrogens is 383 g/mol. The van der Waals surface area contributed by atoms with Crippen LogP contribution in [0.4, 0.5) is 10.5 Å². The van der Waals surface area contributed by atoms with Crippen molar-refractivity contribution in [2.45, 2.75) is 33.7 Å². The zero-order chi connectivity index (χ0) is 19.6. The molecule has 2 rings (SSSR count). The highest BCUT2D eigenvalue weighted by atomic mass is 35.5. The molecule has 26 heavy (non-hydrogen) atoms. The van der Waals surface area contributed by atoms with Crippen molar-refractivity contribution in [3.8, 4) is 0 Å². The van der Waals surface area contributed by atoms with Crippen LogP contribution in [-0.2, 0) is 4.74 Å². The van der Waals surface area contributed by atoms with Crippen molar-refractivity contribution < 1.29 is 18.8 Å². The molecular formula is C17H18Cl2N2O5. The number of rotatable bonds is 4. The van der Waals surface area contributed by atoms with Gasteiger partial charge in [-0.25, -0.2) is 9.59 Å². The van der Waals surface area contributed by atoms with Gasteiger partial charge in [-0.15, -0.1) is 0 Å². The first-order valence-electron chi connectivity index (χ1n) is 7.87. The number of aromatic nitrogens is 1. The molecule has 0 N–H and O–H groups in total. The molecule has 0 atom stereocenters. The Labute approximate surface area is 160 Å². The molecule has 1 aromatic carbocycles. The third-order valence-corrected chi connectivity index (χ3v) is 4.06. The van der Waals surface area contributed by atoms with Gasteiger partial charge in [-0.05, 0) is 45.9 Å². The molecule has 0 aliphatic rings. The second kappa shape index (κ2) is 7.97. The van der Waals surface area contributed by atoms with Crippen molar-refractivity contribution in [2.24, 2.45) is 0 Å². The summed E-state index contributed by atoms with van der Waals surface area (Å²) < 4.78 is 10.6. The Morgan fingerprint density at radius 1 is 1.31 bits per heavy atom. The minimum Gasteiger partial charge on any atom is -0.462 e. The quantitative estimate of drug-likeness (QED) is 0.720. The van der Waals surface area contributed by atoms with E-state index in [9.17, 15) is 14.4 Å². The summed E-state index contributed by atoms with van der Waals surface area (Å²) in [5.74, 6) is -0.848. The average molecular weight is 401 g/mol. The maximum atomic E-state index is 12.9. The molecule has 0 radical (unpaired) electrons. The van der Waals surface area contributed by atoms with E-state index in [1.54, 1.807) is 32.9 Å². The molecule has 2 aromatic rings. The number of esters is 1. The highest BCUT2D eigenvalue weighted by molar-refractivity contribution is 6.36. The van der Waals surface area contributed by atoms with E-state index in [-0.39, 0.29) is 29.0 Å². The van der Waals surface area contributed by atoms with Crippen LogP contribution in [0.15, 0.2) is 27.5 Å². The molecule has 1 amide bonds. The number of hydrogen-bond donors (Lipinski definition) is 0. The number of ether oxygens (including phenoxy) is 1. The lowest BCUT2D eigenvalue weighted by Crippen LogP contribution is -2.43. The molecule has 0 unspecified atom stereocenters. The third-order valence-electron chi connectivity index (χ3n) is 3.52. The summed E-state index contributed by atoms with van der Waals surface area (Å²) in [4.78, 5) is 38.7. The maximum Gasteiger partial charge on any atom is 0.365 e. The normalized spacial score (nSPS) is 10.9. The predicted octanol–water partition coefficient (Wildman–Crippen LogP) is 4.12. The summed E-state index contributed by atoms with van der Waals surface area (Å²) in [6.07, 6.45) is 0. The standard InChI is InChI=1S/C17H18Cl2N2O5/c1-5-25-16(23)14-10(4)26-21(15(14)22)17(24)20(9(2)3)13-7-6-11(18)8-12(13)19/h6-9H,5H2,1-4H3. The van der Waals surface area contributed by atoms with E-state index < -0.39 is 17.6 Å². The minimum absolute atomic E-state index is 0.00675. The van der Waals surface area contributed by atoms with E-state index >= 15 is 0 Å². The number of carbonyl (C=O) groups excluding carboxylic acids is 2. The Balaban J connectivity index is 2.53. The number of halogens is 2. The fourth-order valence-electron chi connectivity index (χ4n) is 2.41. The van der Waals surface area contributed by atoms with Crippen LogP contribution in [0.2, 0.25) is 10.0 Å². The Hall–Kier alpha value is -2.25. The number of amides is 1. The highest BCUT2D eigenvalue weighted by Crippen LogP contribution is 2.30. The number of aryl methyl sites for hydroxylation is 1. The predicted molar refractivity (Wildman–Crippen MR) is 98.5 cm³/mol.